The summed E-state index contributed by atoms with van der Waals surface area (Å²) in [5.74, 6) is -1.35. The van der Waals surface area contributed by atoms with Crippen molar-refractivity contribution in [1.29, 1.82) is 0 Å². The van der Waals surface area contributed by atoms with E-state index in [9.17, 15) is 19.2 Å². The number of nitrogens with zero attached hydrogens (tertiary/aromatic N) is 3. The molecule has 1 saturated heterocycles. The highest BCUT2D eigenvalue weighted by Gasteiger charge is 2.44. The molecule has 0 saturated carbocycles. The number of amides is 5. The molecule has 0 radical (unpaired) electrons. The molecule has 2 rings (SSSR count). The van der Waals surface area contributed by atoms with Gasteiger partial charge in [0.15, 0.2) is 0 Å². The maximum atomic E-state index is 12.5. The van der Waals surface area contributed by atoms with Gasteiger partial charge in [0.05, 0.1) is 6.54 Å². The standard InChI is InChI=1S/C16H19ClN4O4/c1-10-15(24)20(9-13(22)18-8-14(23)19(2)3)16(25)21(10)12-6-4-11(17)5-7-12/h4-7,10H,8-9H2,1-3H3,(H,18,22)/t10-/m0/s1. The lowest BCUT2D eigenvalue weighted by Gasteiger charge is -2.19. The van der Waals surface area contributed by atoms with Gasteiger partial charge in [0, 0.05) is 24.8 Å². The molecule has 0 spiro atoms. The second-order valence-electron chi connectivity index (χ2n) is 5.79. The van der Waals surface area contributed by atoms with E-state index in [1.54, 1.807) is 45.3 Å². The summed E-state index contributed by atoms with van der Waals surface area (Å²) in [5, 5.41) is 2.91. The van der Waals surface area contributed by atoms with E-state index in [-0.39, 0.29) is 12.5 Å². The van der Waals surface area contributed by atoms with Crippen molar-refractivity contribution in [3.8, 4) is 0 Å². The number of likely N-dealkylation sites (N-methyl/N-ethyl adjacent to an activating group) is 1. The van der Waals surface area contributed by atoms with Crippen LogP contribution in [0.15, 0.2) is 24.3 Å². The number of rotatable bonds is 5. The molecular formula is C16H19ClN4O4. The molecule has 1 aromatic carbocycles. The Morgan fingerprint density at radius 1 is 1.20 bits per heavy atom. The molecule has 1 N–H and O–H groups in total. The van der Waals surface area contributed by atoms with Crippen molar-refractivity contribution in [3.05, 3.63) is 29.3 Å². The van der Waals surface area contributed by atoms with E-state index in [4.69, 9.17) is 11.6 Å². The summed E-state index contributed by atoms with van der Waals surface area (Å²) in [6, 6.07) is 5.17. The van der Waals surface area contributed by atoms with E-state index in [2.05, 4.69) is 5.32 Å². The van der Waals surface area contributed by atoms with Crippen molar-refractivity contribution in [2.75, 3.05) is 32.1 Å². The molecule has 0 bridgehead atoms. The summed E-state index contributed by atoms with van der Waals surface area (Å²) in [6.45, 7) is 0.952. The fourth-order valence-corrected chi connectivity index (χ4v) is 2.47. The van der Waals surface area contributed by atoms with Gasteiger partial charge in [-0.15, -0.1) is 0 Å². The van der Waals surface area contributed by atoms with E-state index in [0.29, 0.717) is 10.7 Å². The van der Waals surface area contributed by atoms with E-state index >= 15 is 0 Å². The first-order chi connectivity index (χ1) is 11.7. The van der Waals surface area contributed by atoms with Gasteiger partial charge in [-0.25, -0.2) is 4.79 Å². The molecule has 1 aliphatic rings. The summed E-state index contributed by atoms with van der Waals surface area (Å²) in [6.07, 6.45) is 0. The first-order valence-electron chi connectivity index (χ1n) is 7.59. The molecular weight excluding hydrogens is 348 g/mol. The minimum absolute atomic E-state index is 0.196. The highest BCUT2D eigenvalue weighted by molar-refractivity contribution is 6.30. The number of anilines is 1. The predicted octanol–water partition coefficient (Wildman–Crippen LogP) is 0.701. The van der Waals surface area contributed by atoms with Crippen LogP contribution in [0.25, 0.3) is 0 Å². The molecule has 0 aromatic heterocycles. The van der Waals surface area contributed by atoms with E-state index < -0.39 is 30.4 Å². The van der Waals surface area contributed by atoms with Crippen LogP contribution in [0.3, 0.4) is 0 Å². The molecule has 0 aliphatic carbocycles. The Bertz CT molecular complexity index is 705. The highest BCUT2D eigenvalue weighted by atomic mass is 35.5. The Labute approximate surface area is 150 Å². The SMILES string of the molecule is C[C@H]1C(=O)N(CC(=O)NCC(=O)N(C)C)C(=O)N1c1ccc(Cl)cc1. The third kappa shape index (κ3) is 4.08. The monoisotopic (exact) mass is 366 g/mol. The number of carbonyl (C=O) groups is 4. The van der Waals surface area contributed by atoms with Gasteiger partial charge in [0.2, 0.25) is 11.8 Å². The van der Waals surface area contributed by atoms with Crippen LogP contribution in [-0.4, -0.2) is 66.8 Å². The molecule has 1 fully saturated rings. The molecule has 25 heavy (non-hydrogen) atoms. The van der Waals surface area contributed by atoms with E-state index in [0.717, 1.165) is 4.90 Å². The lowest BCUT2D eigenvalue weighted by Crippen LogP contribution is -2.44. The number of urea groups is 1. The minimum Gasteiger partial charge on any atom is -0.347 e. The van der Waals surface area contributed by atoms with Crippen molar-refractivity contribution < 1.29 is 19.2 Å². The van der Waals surface area contributed by atoms with Gasteiger partial charge in [0.1, 0.15) is 12.6 Å². The van der Waals surface area contributed by atoms with Gasteiger partial charge in [-0.3, -0.25) is 24.2 Å². The quantitative estimate of drug-likeness (QED) is 0.777. The van der Waals surface area contributed by atoms with Gasteiger partial charge in [-0.05, 0) is 31.2 Å². The second kappa shape index (κ2) is 7.52. The average Bonchev–Trinajstić information content (AvgIpc) is 2.77. The lowest BCUT2D eigenvalue weighted by atomic mass is 10.2. The van der Waals surface area contributed by atoms with Crippen LogP contribution in [0.5, 0.6) is 0 Å². The Kier molecular flexibility index (Phi) is 5.63. The van der Waals surface area contributed by atoms with Crippen molar-refractivity contribution in [2.24, 2.45) is 0 Å². The molecule has 1 aliphatic heterocycles. The Morgan fingerprint density at radius 2 is 1.80 bits per heavy atom. The number of nitrogens with one attached hydrogen (secondary N) is 1. The Morgan fingerprint density at radius 3 is 2.36 bits per heavy atom. The maximum Gasteiger partial charge on any atom is 0.332 e. The van der Waals surface area contributed by atoms with Gasteiger partial charge < -0.3 is 10.2 Å². The summed E-state index contributed by atoms with van der Waals surface area (Å²) in [7, 11) is 3.13. The molecule has 1 atom stereocenters. The first kappa shape index (κ1) is 18.7. The van der Waals surface area contributed by atoms with Crippen molar-refractivity contribution in [2.45, 2.75) is 13.0 Å². The van der Waals surface area contributed by atoms with E-state index in [1.165, 1.54) is 9.80 Å². The summed E-state index contributed by atoms with van der Waals surface area (Å²) in [4.78, 5) is 51.8. The van der Waals surface area contributed by atoms with Crippen LogP contribution in [0.1, 0.15) is 6.92 Å². The lowest BCUT2D eigenvalue weighted by molar-refractivity contribution is -0.133. The smallest absolute Gasteiger partial charge is 0.332 e. The molecule has 0 unspecified atom stereocenters. The fourth-order valence-electron chi connectivity index (χ4n) is 2.34. The number of hydrogen-bond donors (Lipinski definition) is 1. The molecule has 1 aromatic rings. The van der Waals surface area contributed by atoms with Crippen LogP contribution in [0.4, 0.5) is 10.5 Å². The molecule has 9 heteroatoms. The summed E-state index contributed by atoms with van der Waals surface area (Å²) < 4.78 is 0. The van der Waals surface area contributed by atoms with Crippen molar-refractivity contribution in [3.63, 3.8) is 0 Å². The van der Waals surface area contributed by atoms with E-state index in [1.807, 2.05) is 0 Å². The van der Waals surface area contributed by atoms with Crippen molar-refractivity contribution >= 4 is 41.0 Å². The molecule has 1 heterocycles. The normalized spacial score (nSPS) is 17.0. The zero-order chi connectivity index (χ0) is 18.7. The van der Waals surface area contributed by atoms with Crippen molar-refractivity contribution in [1.82, 2.24) is 15.1 Å². The van der Waals surface area contributed by atoms with Gasteiger partial charge in [-0.2, -0.15) is 0 Å². The largest absolute Gasteiger partial charge is 0.347 e. The van der Waals surface area contributed by atoms with Gasteiger partial charge in [-0.1, -0.05) is 11.6 Å². The number of imide groups is 1. The number of halogens is 1. The third-order valence-corrected chi connectivity index (χ3v) is 4.04. The van der Waals surface area contributed by atoms with Crippen LogP contribution in [0, 0.1) is 0 Å². The number of hydrogen-bond acceptors (Lipinski definition) is 4. The number of carbonyl (C=O) groups excluding carboxylic acids is 4. The maximum absolute atomic E-state index is 12.5. The Hall–Kier alpha value is -2.61. The summed E-state index contributed by atoms with van der Waals surface area (Å²) in [5.41, 5.74) is 0.515. The third-order valence-electron chi connectivity index (χ3n) is 3.79. The van der Waals surface area contributed by atoms with Gasteiger partial charge >= 0.3 is 6.03 Å². The Balaban J connectivity index is 2.06. The fraction of sp³-hybridized carbons (Fsp3) is 0.375. The first-order valence-corrected chi connectivity index (χ1v) is 7.97. The topological polar surface area (TPSA) is 90.0 Å². The average molecular weight is 367 g/mol. The number of benzene rings is 1. The van der Waals surface area contributed by atoms with Crippen LogP contribution in [0.2, 0.25) is 5.02 Å². The minimum atomic E-state index is -0.732. The molecule has 5 amide bonds. The zero-order valence-corrected chi connectivity index (χ0v) is 14.9. The van der Waals surface area contributed by atoms with Gasteiger partial charge in [0.25, 0.3) is 5.91 Å². The van der Waals surface area contributed by atoms with Crippen LogP contribution >= 0.6 is 11.6 Å². The van der Waals surface area contributed by atoms with Crippen LogP contribution in [-0.2, 0) is 14.4 Å². The van der Waals surface area contributed by atoms with Crippen LogP contribution < -0.4 is 10.2 Å². The summed E-state index contributed by atoms with van der Waals surface area (Å²) >= 11 is 5.84. The molecule has 134 valence electrons. The molecule has 8 nitrogen and oxygen atoms in total. The second-order valence-corrected chi connectivity index (χ2v) is 6.23. The zero-order valence-electron chi connectivity index (χ0n) is 14.2. The highest BCUT2D eigenvalue weighted by Crippen LogP contribution is 2.26. The predicted molar refractivity (Wildman–Crippen MR) is 92.2 cm³/mol.